The molecule has 1 aromatic carbocycles. The van der Waals surface area contributed by atoms with E-state index in [0.717, 1.165) is 0 Å². The van der Waals surface area contributed by atoms with Crippen molar-refractivity contribution in [1.82, 2.24) is 29.5 Å². The van der Waals surface area contributed by atoms with Gasteiger partial charge in [0.15, 0.2) is 0 Å². The van der Waals surface area contributed by atoms with Crippen LogP contribution in [0.15, 0.2) is 43.0 Å². The minimum Gasteiger partial charge on any atom is -0.481 e. The number of benzene rings is 1. The molecule has 48 heavy (non-hydrogen) atoms. The molecule has 16 heteroatoms. The number of carbonyl (C=O) groups excluding carboxylic acids is 1. The van der Waals surface area contributed by atoms with Crippen molar-refractivity contribution in [1.29, 1.82) is 0 Å². The van der Waals surface area contributed by atoms with Gasteiger partial charge >= 0.3 is 24.4 Å². The number of nitrogens with zero attached hydrogens (tertiary/aromatic N) is 7. The molecule has 1 N–H and O–H groups in total. The molecule has 0 bridgehead atoms. The summed E-state index contributed by atoms with van der Waals surface area (Å²) in [6.07, 6.45) is -0.750. The number of urea groups is 1. The van der Waals surface area contributed by atoms with E-state index < -0.39 is 41.4 Å². The molecule has 2 aliphatic rings. The van der Waals surface area contributed by atoms with E-state index in [4.69, 9.17) is 0 Å². The maximum atomic E-state index is 13.8. The predicted octanol–water partition coefficient (Wildman–Crippen LogP) is 6.47. The fourth-order valence-corrected chi connectivity index (χ4v) is 6.67. The Balaban J connectivity index is 1.46. The van der Waals surface area contributed by atoms with E-state index in [-0.39, 0.29) is 48.8 Å². The summed E-state index contributed by atoms with van der Waals surface area (Å²) in [5.74, 6) is -1.21. The fourth-order valence-electron chi connectivity index (χ4n) is 6.67. The Morgan fingerprint density at radius 2 is 1.52 bits per heavy atom. The summed E-state index contributed by atoms with van der Waals surface area (Å²) in [6, 6.07) is 0.249. The van der Waals surface area contributed by atoms with Gasteiger partial charge in [-0.1, -0.05) is 6.92 Å². The lowest BCUT2D eigenvalue weighted by Crippen LogP contribution is -2.49. The van der Waals surface area contributed by atoms with Crippen LogP contribution in [0.25, 0.3) is 11.1 Å². The van der Waals surface area contributed by atoms with Gasteiger partial charge in [0.25, 0.3) is 0 Å². The highest BCUT2D eigenvalue weighted by Crippen LogP contribution is 2.38. The van der Waals surface area contributed by atoms with E-state index in [0.29, 0.717) is 61.8 Å². The number of alkyl halides is 6. The molecule has 260 valence electrons. The number of aryl methyl sites for hydroxylation is 1. The number of carbonyl (C=O) groups is 2. The van der Waals surface area contributed by atoms with Crippen molar-refractivity contribution in [3.05, 3.63) is 59.7 Å². The third-order valence-corrected chi connectivity index (χ3v) is 9.38. The summed E-state index contributed by atoms with van der Waals surface area (Å²) >= 11 is 0. The quantitative estimate of drug-likeness (QED) is 0.272. The van der Waals surface area contributed by atoms with Crippen LogP contribution in [0.1, 0.15) is 62.1 Å². The van der Waals surface area contributed by atoms with Crippen LogP contribution in [0, 0.1) is 5.92 Å². The normalized spacial score (nSPS) is 21.7. The molecule has 1 saturated carbocycles. The molecule has 2 fully saturated rings. The van der Waals surface area contributed by atoms with Crippen molar-refractivity contribution in [2.75, 3.05) is 18.5 Å². The molecule has 5 rings (SSSR count). The molecule has 0 radical (unpaired) electrons. The molecule has 1 aliphatic carbocycles. The second-order valence-electron chi connectivity index (χ2n) is 12.6. The van der Waals surface area contributed by atoms with Crippen LogP contribution in [-0.2, 0) is 30.7 Å². The highest BCUT2D eigenvalue weighted by Gasteiger charge is 2.42. The van der Waals surface area contributed by atoms with Gasteiger partial charge in [0.05, 0.1) is 29.3 Å². The van der Waals surface area contributed by atoms with Gasteiger partial charge in [0.2, 0.25) is 5.95 Å². The van der Waals surface area contributed by atoms with Crippen molar-refractivity contribution < 1.29 is 41.0 Å². The lowest BCUT2D eigenvalue weighted by molar-refractivity contribution is -0.144. The number of amides is 2. The summed E-state index contributed by atoms with van der Waals surface area (Å²) in [4.78, 5) is 39.1. The molecule has 0 spiro atoms. The second-order valence-corrected chi connectivity index (χ2v) is 12.6. The van der Waals surface area contributed by atoms with Crippen molar-refractivity contribution in [2.24, 2.45) is 13.0 Å². The van der Waals surface area contributed by atoms with Crippen LogP contribution < -0.4 is 4.90 Å². The van der Waals surface area contributed by atoms with Gasteiger partial charge in [-0.25, -0.2) is 14.8 Å². The molecule has 3 heterocycles. The average molecular weight is 682 g/mol. The molecule has 2 unspecified atom stereocenters. The first-order valence-corrected chi connectivity index (χ1v) is 15.7. The van der Waals surface area contributed by atoms with E-state index in [2.05, 4.69) is 15.1 Å². The Kier molecular flexibility index (Phi) is 9.92. The highest BCUT2D eigenvalue weighted by molar-refractivity contribution is 5.76. The second kappa shape index (κ2) is 13.6. The van der Waals surface area contributed by atoms with E-state index >= 15 is 0 Å². The number of hydrogen-bond acceptors (Lipinski definition) is 6. The third kappa shape index (κ3) is 7.67. The summed E-state index contributed by atoms with van der Waals surface area (Å²) < 4.78 is 84.0. The van der Waals surface area contributed by atoms with Crippen LogP contribution in [0.5, 0.6) is 0 Å². The third-order valence-electron chi connectivity index (χ3n) is 9.38. The molecular weight excluding hydrogens is 644 g/mol. The first-order valence-electron chi connectivity index (χ1n) is 15.7. The Morgan fingerprint density at radius 1 is 0.917 bits per heavy atom. The maximum Gasteiger partial charge on any atom is 0.416 e. The van der Waals surface area contributed by atoms with Crippen LogP contribution >= 0.6 is 0 Å². The summed E-state index contributed by atoms with van der Waals surface area (Å²) in [7, 11) is 3.41. The monoisotopic (exact) mass is 681 g/mol. The molecule has 1 saturated heterocycles. The highest BCUT2D eigenvalue weighted by atomic mass is 19.4. The van der Waals surface area contributed by atoms with Gasteiger partial charge < -0.3 is 19.8 Å². The van der Waals surface area contributed by atoms with Gasteiger partial charge in [-0.05, 0) is 62.3 Å². The van der Waals surface area contributed by atoms with Gasteiger partial charge in [-0.2, -0.15) is 31.4 Å². The van der Waals surface area contributed by atoms with Crippen LogP contribution in [0.2, 0.25) is 0 Å². The number of anilines is 1. The summed E-state index contributed by atoms with van der Waals surface area (Å²) in [5, 5.41) is 13.5. The minimum absolute atomic E-state index is 0.0862. The Hall–Kier alpha value is -4.37. The van der Waals surface area contributed by atoms with Gasteiger partial charge in [-0.3, -0.25) is 9.48 Å². The Morgan fingerprint density at radius 3 is 2.02 bits per heavy atom. The summed E-state index contributed by atoms with van der Waals surface area (Å²) in [5.41, 5.74) is -1.75. The van der Waals surface area contributed by atoms with Crippen molar-refractivity contribution in [3.8, 4) is 11.1 Å². The Labute approximate surface area is 273 Å². The van der Waals surface area contributed by atoms with Gasteiger partial charge in [0, 0.05) is 69.0 Å². The standard InChI is InChI=1S/C32H37F6N7O3/c1-4-25-12-27(18-45(25)30(48)43(3)26-7-5-20(6-8-26)28(46)47)44(29-39-13-21(14-40-29)22-15-41-42(2)17-22)16-19-9-23(31(33,34)35)11-24(10-19)32(36,37)38/h9-11,13-15,17,20,25-27H,4-8,12,16,18H2,1-3H3,(H,46,47). The first kappa shape index (κ1) is 35.0. The molecule has 3 aromatic rings. The molecule has 1 aliphatic heterocycles. The fraction of sp³-hybridized carbons (Fsp3) is 0.531. The zero-order valence-electron chi connectivity index (χ0n) is 26.7. The molecule has 10 nitrogen and oxygen atoms in total. The molecule has 2 amide bonds. The molecular formula is C32H37F6N7O3. The van der Waals surface area contributed by atoms with Gasteiger partial charge in [0.1, 0.15) is 0 Å². The largest absolute Gasteiger partial charge is 0.481 e. The van der Waals surface area contributed by atoms with E-state index in [9.17, 15) is 41.0 Å². The zero-order valence-corrected chi connectivity index (χ0v) is 26.7. The molecule has 2 atom stereocenters. The van der Waals surface area contributed by atoms with E-state index in [1.165, 1.54) is 12.4 Å². The molecule has 2 aromatic heterocycles. The number of aliphatic carboxylic acids is 1. The number of carboxylic acids is 1. The van der Waals surface area contributed by atoms with E-state index in [1.807, 2.05) is 6.92 Å². The van der Waals surface area contributed by atoms with E-state index in [1.54, 1.807) is 45.9 Å². The number of carboxylic acid groups (broad SMARTS) is 1. The topological polar surface area (TPSA) is 108 Å². The SMILES string of the molecule is CCC1CC(N(Cc2cc(C(F)(F)F)cc(C(F)(F)F)c2)c2ncc(-c3cnn(C)c3)cn2)CN1C(=O)N(C)C1CCC(C(=O)O)CC1. The first-order chi connectivity index (χ1) is 22.5. The predicted molar refractivity (Wildman–Crippen MR) is 163 cm³/mol. The van der Waals surface area contributed by atoms with Crippen LogP contribution in [0.3, 0.4) is 0 Å². The Bertz CT molecular complexity index is 1570. The smallest absolute Gasteiger partial charge is 0.416 e. The zero-order chi connectivity index (χ0) is 35.0. The number of aromatic nitrogens is 4. The van der Waals surface area contributed by atoms with Crippen molar-refractivity contribution in [3.63, 3.8) is 0 Å². The lowest BCUT2D eigenvalue weighted by Gasteiger charge is -2.37. The van der Waals surface area contributed by atoms with Gasteiger partial charge in [-0.15, -0.1) is 0 Å². The van der Waals surface area contributed by atoms with Crippen molar-refractivity contribution >= 4 is 17.9 Å². The number of hydrogen-bond donors (Lipinski definition) is 1. The van der Waals surface area contributed by atoms with Crippen LogP contribution in [0.4, 0.5) is 37.1 Å². The minimum atomic E-state index is -5.01. The summed E-state index contributed by atoms with van der Waals surface area (Å²) in [6.45, 7) is 1.65. The maximum absolute atomic E-state index is 13.8. The number of rotatable bonds is 8. The average Bonchev–Trinajstić information content (AvgIpc) is 3.68. The van der Waals surface area contributed by atoms with Crippen molar-refractivity contribution in [2.45, 2.75) is 82.5 Å². The number of likely N-dealkylation sites (tertiary alicyclic amines) is 1. The van der Waals surface area contributed by atoms with Crippen LogP contribution in [-0.4, -0.2) is 78.4 Å². The number of halogens is 6. The lowest BCUT2D eigenvalue weighted by atomic mass is 9.85.